The average Bonchev–Trinajstić information content (AvgIpc) is 3.61. The molecule has 3 heteroatoms. The molecule has 0 fully saturated rings. The highest BCUT2D eigenvalue weighted by molar-refractivity contribution is 6.19. The molecule has 0 radical (unpaired) electrons. The van der Waals surface area contributed by atoms with Crippen LogP contribution < -0.4 is 0 Å². The molecule has 296 valence electrons. The molecule has 1 aliphatic rings. The van der Waals surface area contributed by atoms with Crippen LogP contribution in [0.3, 0.4) is 0 Å². The molecule has 0 saturated carbocycles. The molecule has 10 aromatic carbocycles. The van der Waals surface area contributed by atoms with Crippen LogP contribution in [-0.4, -0.2) is 15.0 Å². The van der Waals surface area contributed by atoms with Crippen LogP contribution in [0, 0.1) is 0 Å². The van der Waals surface area contributed by atoms with Crippen LogP contribution in [0.2, 0.25) is 0 Å². The van der Waals surface area contributed by atoms with Crippen LogP contribution in [0.5, 0.6) is 0 Å². The first-order chi connectivity index (χ1) is 31.0. The maximum atomic E-state index is 5.48. The van der Waals surface area contributed by atoms with Crippen molar-refractivity contribution < 1.29 is 0 Å². The number of benzene rings is 10. The molecule has 1 heterocycles. The number of nitrogens with zero attached hydrogens (tertiary/aromatic N) is 3. The largest absolute Gasteiger partial charge is 0.208 e. The Kier molecular flexibility index (Phi) is 8.52. The standard InChI is InChI=1S/C60H41N3/c1-60(2)55-51(32-17-33-52(55)53-48-30-13-11-28-46(48)47-29-12-14-31-50(47)56(53)60)49-35-34-40-22-9-10-27-45(40)54(49)59-62-57(43-25-15-23-41(36-43)38-18-5-3-6-19-38)61-58(63-59)44-26-16-24-42(37-44)39-20-7-4-8-21-39/h3-37H,1-2H3. The molecule has 0 spiro atoms. The second-order valence-corrected chi connectivity index (χ2v) is 17.1. The Bertz CT molecular complexity index is 3490. The van der Waals surface area contributed by atoms with E-state index in [1.54, 1.807) is 0 Å². The molecule has 11 aromatic rings. The summed E-state index contributed by atoms with van der Waals surface area (Å²) in [6, 6.07) is 76.0. The van der Waals surface area contributed by atoms with Gasteiger partial charge in [-0.15, -0.1) is 0 Å². The molecule has 3 nitrogen and oxygen atoms in total. The first-order valence-electron chi connectivity index (χ1n) is 21.7. The zero-order valence-electron chi connectivity index (χ0n) is 35.0. The molecule has 0 unspecified atom stereocenters. The third kappa shape index (κ3) is 6.00. The first-order valence-corrected chi connectivity index (χ1v) is 21.7. The van der Waals surface area contributed by atoms with E-state index in [1.165, 1.54) is 49.4 Å². The van der Waals surface area contributed by atoms with Crippen molar-refractivity contribution in [2.24, 2.45) is 0 Å². The van der Waals surface area contributed by atoms with Crippen molar-refractivity contribution in [3.05, 3.63) is 223 Å². The summed E-state index contributed by atoms with van der Waals surface area (Å²) >= 11 is 0. The molecule has 0 N–H and O–H groups in total. The van der Waals surface area contributed by atoms with Crippen molar-refractivity contribution >= 4 is 32.3 Å². The molecular weight excluding hydrogens is 763 g/mol. The molecule has 1 aliphatic carbocycles. The van der Waals surface area contributed by atoms with Gasteiger partial charge in [0.2, 0.25) is 0 Å². The van der Waals surface area contributed by atoms with E-state index < -0.39 is 0 Å². The summed E-state index contributed by atoms with van der Waals surface area (Å²) in [5.41, 5.74) is 14.6. The number of hydrogen-bond donors (Lipinski definition) is 0. The molecule has 0 atom stereocenters. The summed E-state index contributed by atoms with van der Waals surface area (Å²) in [6.45, 7) is 4.81. The van der Waals surface area contributed by atoms with Gasteiger partial charge in [-0.3, -0.25) is 0 Å². The van der Waals surface area contributed by atoms with Gasteiger partial charge < -0.3 is 0 Å². The van der Waals surface area contributed by atoms with Crippen molar-refractivity contribution in [3.63, 3.8) is 0 Å². The highest BCUT2D eigenvalue weighted by atomic mass is 15.0. The van der Waals surface area contributed by atoms with Crippen LogP contribution in [-0.2, 0) is 5.41 Å². The SMILES string of the molecule is CC1(C)c2c(-c3ccc4ccccc4c3-c3nc(-c4cccc(-c5ccccc5)c4)nc(-c4cccc(-c5ccccc5)c4)n3)cccc2-c2c1c1ccccc1c1ccccc21. The van der Waals surface area contributed by atoms with Gasteiger partial charge >= 0.3 is 0 Å². The first kappa shape index (κ1) is 36.8. The average molecular weight is 804 g/mol. The van der Waals surface area contributed by atoms with Crippen molar-refractivity contribution in [2.45, 2.75) is 19.3 Å². The zero-order valence-corrected chi connectivity index (χ0v) is 35.0. The van der Waals surface area contributed by atoms with Crippen molar-refractivity contribution in [1.29, 1.82) is 0 Å². The summed E-state index contributed by atoms with van der Waals surface area (Å²) in [5.74, 6) is 1.89. The summed E-state index contributed by atoms with van der Waals surface area (Å²) in [4.78, 5) is 16.3. The van der Waals surface area contributed by atoms with Crippen molar-refractivity contribution in [2.75, 3.05) is 0 Å². The van der Waals surface area contributed by atoms with E-state index in [0.717, 1.165) is 55.3 Å². The monoisotopic (exact) mass is 803 g/mol. The minimum absolute atomic E-state index is 0.320. The zero-order chi connectivity index (χ0) is 42.1. The van der Waals surface area contributed by atoms with Crippen LogP contribution >= 0.6 is 0 Å². The topological polar surface area (TPSA) is 38.7 Å². The third-order valence-corrected chi connectivity index (χ3v) is 13.1. The number of fused-ring (bicyclic) bond motifs is 9. The van der Waals surface area contributed by atoms with Crippen molar-refractivity contribution in [1.82, 2.24) is 15.0 Å². The summed E-state index contributed by atoms with van der Waals surface area (Å²) in [5, 5.41) is 7.39. The van der Waals surface area contributed by atoms with Crippen LogP contribution in [0.4, 0.5) is 0 Å². The highest BCUT2D eigenvalue weighted by Gasteiger charge is 2.40. The molecule has 0 saturated heterocycles. The maximum Gasteiger partial charge on any atom is 0.165 e. The van der Waals surface area contributed by atoms with Crippen LogP contribution in [0.15, 0.2) is 212 Å². The van der Waals surface area contributed by atoms with Gasteiger partial charge in [0.1, 0.15) is 0 Å². The highest BCUT2D eigenvalue weighted by Crippen LogP contribution is 2.57. The van der Waals surface area contributed by atoms with E-state index in [0.29, 0.717) is 17.5 Å². The maximum absolute atomic E-state index is 5.48. The molecule has 12 rings (SSSR count). The third-order valence-electron chi connectivity index (χ3n) is 13.1. The van der Waals surface area contributed by atoms with Crippen LogP contribution in [0.25, 0.3) is 111 Å². The van der Waals surface area contributed by atoms with Crippen molar-refractivity contribution in [3.8, 4) is 78.7 Å². The molecule has 63 heavy (non-hydrogen) atoms. The van der Waals surface area contributed by atoms with Gasteiger partial charge in [-0.25, -0.2) is 15.0 Å². The lowest BCUT2D eigenvalue weighted by Gasteiger charge is -2.27. The molecule has 0 aliphatic heterocycles. The van der Waals surface area contributed by atoms with Gasteiger partial charge in [0.25, 0.3) is 0 Å². The quantitative estimate of drug-likeness (QED) is 0.157. The Balaban J connectivity index is 1.13. The van der Waals surface area contributed by atoms with Gasteiger partial charge in [-0.1, -0.05) is 214 Å². The second kappa shape index (κ2) is 14.6. The van der Waals surface area contributed by atoms with E-state index in [-0.39, 0.29) is 5.41 Å². The Morgan fingerprint density at radius 1 is 0.286 bits per heavy atom. The molecule has 1 aromatic heterocycles. The van der Waals surface area contributed by atoms with Gasteiger partial charge in [0.15, 0.2) is 17.5 Å². The summed E-state index contributed by atoms with van der Waals surface area (Å²) < 4.78 is 0. The fourth-order valence-electron chi connectivity index (χ4n) is 10.3. The molecule has 0 bridgehead atoms. The van der Waals surface area contributed by atoms with E-state index in [4.69, 9.17) is 15.0 Å². The predicted molar refractivity (Wildman–Crippen MR) is 263 cm³/mol. The van der Waals surface area contributed by atoms with E-state index in [2.05, 4.69) is 226 Å². The van der Waals surface area contributed by atoms with E-state index in [1.807, 2.05) is 0 Å². The van der Waals surface area contributed by atoms with E-state index >= 15 is 0 Å². The Labute approximate surface area is 367 Å². The number of aromatic nitrogens is 3. The lowest BCUT2D eigenvalue weighted by Crippen LogP contribution is -2.17. The Hall–Kier alpha value is -8.01. The van der Waals surface area contributed by atoms with Gasteiger partial charge in [0.05, 0.1) is 0 Å². The summed E-state index contributed by atoms with van der Waals surface area (Å²) in [6.07, 6.45) is 0. The Morgan fingerprint density at radius 2 is 0.746 bits per heavy atom. The summed E-state index contributed by atoms with van der Waals surface area (Å²) in [7, 11) is 0. The van der Waals surface area contributed by atoms with Gasteiger partial charge in [-0.05, 0) is 100 Å². The number of hydrogen-bond acceptors (Lipinski definition) is 3. The van der Waals surface area contributed by atoms with Crippen LogP contribution in [0.1, 0.15) is 25.0 Å². The fraction of sp³-hybridized carbons (Fsp3) is 0.0500. The lowest BCUT2D eigenvalue weighted by atomic mass is 9.76. The lowest BCUT2D eigenvalue weighted by molar-refractivity contribution is 0.668. The molecule has 0 amide bonds. The molecular formula is C60H41N3. The van der Waals surface area contributed by atoms with Gasteiger partial charge in [0, 0.05) is 22.1 Å². The van der Waals surface area contributed by atoms with Gasteiger partial charge in [-0.2, -0.15) is 0 Å². The minimum Gasteiger partial charge on any atom is -0.208 e. The van der Waals surface area contributed by atoms with E-state index in [9.17, 15) is 0 Å². The fourth-order valence-corrected chi connectivity index (χ4v) is 10.3. The Morgan fingerprint density at radius 3 is 1.38 bits per heavy atom. The predicted octanol–water partition coefficient (Wildman–Crippen LogP) is 15.6. The second-order valence-electron chi connectivity index (χ2n) is 17.1. The normalized spacial score (nSPS) is 12.7. The number of rotatable bonds is 6. The smallest absolute Gasteiger partial charge is 0.165 e. The minimum atomic E-state index is -0.320.